The van der Waals surface area contributed by atoms with E-state index in [2.05, 4.69) is 9.71 Å². The number of hydrogen-bond donors (Lipinski definition) is 1. The summed E-state index contributed by atoms with van der Waals surface area (Å²) in [5.74, 6) is 2.13. The molecule has 158 valence electrons. The highest BCUT2D eigenvalue weighted by Crippen LogP contribution is 2.28. The van der Waals surface area contributed by atoms with Crippen molar-refractivity contribution in [2.45, 2.75) is 43.0 Å². The van der Waals surface area contributed by atoms with Crippen molar-refractivity contribution in [3.63, 3.8) is 0 Å². The lowest BCUT2D eigenvalue weighted by atomic mass is 10.1. The summed E-state index contributed by atoms with van der Waals surface area (Å²) in [5, 5.41) is 0. The summed E-state index contributed by atoms with van der Waals surface area (Å²) >= 11 is 0. The molecular weight excluding hydrogens is 390 g/mol. The predicted molar refractivity (Wildman–Crippen MR) is 113 cm³/mol. The number of benzene rings is 1. The molecule has 0 aliphatic heterocycles. The second-order valence-corrected chi connectivity index (χ2v) is 9.03. The quantitative estimate of drug-likeness (QED) is 0.673. The maximum atomic E-state index is 12.5. The molecule has 2 aromatic rings. The third-order valence-corrected chi connectivity index (χ3v) is 6.79. The Morgan fingerprint density at radius 1 is 1.10 bits per heavy atom. The van der Waals surface area contributed by atoms with Crippen LogP contribution >= 0.6 is 0 Å². The highest BCUT2D eigenvalue weighted by molar-refractivity contribution is 7.89. The van der Waals surface area contributed by atoms with Crippen molar-refractivity contribution in [2.24, 2.45) is 0 Å². The van der Waals surface area contributed by atoms with Crippen LogP contribution in [0.3, 0.4) is 0 Å². The molecule has 1 aromatic heterocycles. The van der Waals surface area contributed by atoms with Gasteiger partial charge in [0.15, 0.2) is 11.5 Å². The van der Waals surface area contributed by atoms with Gasteiger partial charge in [-0.1, -0.05) is 18.9 Å². The molecule has 0 unspecified atom stereocenters. The first-order chi connectivity index (χ1) is 13.9. The highest BCUT2D eigenvalue weighted by atomic mass is 32.2. The summed E-state index contributed by atoms with van der Waals surface area (Å²) in [6, 6.07) is 9.27. The molecule has 1 saturated carbocycles. The van der Waals surface area contributed by atoms with E-state index in [1.54, 1.807) is 26.4 Å². The van der Waals surface area contributed by atoms with E-state index in [-0.39, 0.29) is 10.9 Å². The third-order valence-electron chi connectivity index (χ3n) is 5.28. The molecule has 0 radical (unpaired) electrons. The van der Waals surface area contributed by atoms with E-state index < -0.39 is 10.0 Å². The van der Waals surface area contributed by atoms with Crippen molar-refractivity contribution in [3.05, 3.63) is 42.1 Å². The molecule has 1 aromatic carbocycles. The van der Waals surface area contributed by atoms with Gasteiger partial charge in [0, 0.05) is 25.8 Å². The molecule has 0 amide bonds. The molecule has 1 N–H and O–H groups in total. The van der Waals surface area contributed by atoms with Crippen LogP contribution in [-0.4, -0.2) is 47.3 Å². The van der Waals surface area contributed by atoms with Gasteiger partial charge in [-0.3, -0.25) is 0 Å². The van der Waals surface area contributed by atoms with Gasteiger partial charge in [-0.15, -0.1) is 0 Å². The molecule has 29 heavy (non-hydrogen) atoms. The molecule has 8 heteroatoms. The molecule has 1 aliphatic rings. The number of sulfonamides is 1. The largest absolute Gasteiger partial charge is 0.493 e. The van der Waals surface area contributed by atoms with Crippen LogP contribution in [0.15, 0.2) is 41.4 Å². The summed E-state index contributed by atoms with van der Waals surface area (Å²) in [5.41, 5.74) is 1.12. The fraction of sp³-hybridized carbons (Fsp3) is 0.476. The van der Waals surface area contributed by atoms with Gasteiger partial charge in [-0.05, 0) is 49.1 Å². The fourth-order valence-corrected chi connectivity index (χ4v) is 4.79. The van der Waals surface area contributed by atoms with E-state index in [1.807, 2.05) is 30.1 Å². The number of methoxy groups -OCH3 is 2. The molecule has 1 fully saturated rings. The zero-order valence-corrected chi connectivity index (χ0v) is 18.0. The maximum absolute atomic E-state index is 12.5. The summed E-state index contributed by atoms with van der Waals surface area (Å²) in [7, 11) is 1.66. The Morgan fingerprint density at radius 2 is 1.83 bits per heavy atom. The van der Waals surface area contributed by atoms with Crippen molar-refractivity contribution < 1.29 is 17.9 Å². The summed E-state index contributed by atoms with van der Waals surface area (Å²) < 4.78 is 38.4. The van der Waals surface area contributed by atoms with Gasteiger partial charge in [-0.2, -0.15) is 0 Å². The molecule has 0 bridgehead atoms. The number of nitrogens with zero attached hydrogens (tertiary/aromatic N) is 2. The van der Waals surface area contributed by atoms with Crippen LogP contribution in [0.1, 0.15) is 31.2 Å². The minimum absolute atomic E-state index is 0.0452. The number of anilines is 1. The molecule has 1 aliphatic carbocycles. The Balaban J connectivity index is 1.60. The molecule has 0 saturated heterocycles. The van der Waals surface area contributed by atoms with Crippen molar-refractivity contribution >= 4 is 15.8 Å². The average molecular weight is 420 g/mol. The van der Waals surface area contributed by atoms with E-state index in [9.17, 15) is 8.42 Å². The van der Waals surface area contributed by atoms with Crippen molar-refractivity contribution in [2.75, 3.05) is 32.7 Å². The van der Waals surface area contributed by atoms with Gasteiger partial charge in [0.1, 0.15) is 10.7 Å². The van der Waals surface area contributed by atoms with Crippen LogP contribution in [0.2, 0.25) is 0 Å². The maximum Gasteiger partial charge on any atom is 0.242 e. The van der Waals surface area contributed by atoms with Crippen LogP contribution in [0.4, 0.5) is 5.82 Å². The second kappa shape index (κ2) is 9.45. The Labute approximate surface area is 173 Å². The Hall–Kier alpha value is -2.32. The molecule has 0 atom stereocenters. The number of aromatic nitrogens is 1. The van der Waals surface area contributed by atoms with Gasteiger partial charge >= 0.3 is 0 Å². The molecule has 0 spiro atoms. The zero-order chi connectivity index (χ0) is 20.9. The lowest BCUT2D eigenvalue weighted by molar-refractivity contribution is 0.354. The summed E-state index contributed by atoms with van der Waals surface area (Å²) in [4.78, 5) is 6.56. The van der Waals surface area contributed by atoms with Crippen molar-refractivity contribution in [3.8, 4) is 11.5 Å². The van der Waals surface area contributed by atoms with Crippen molar-refractivity contribution in [1.82, 2.24) is 9.71 Å². The molecular formula is C21H29N3O4S. The predicted octanol–water partition coefficient (Wildman–Crippen LogP) is 3.00. The van der Waals surface area contributed by atoms with Crippen LogP contribution in [0.5, 0.6) is 11.5 Å². The highest BCUT2D eigenvalue weighted by Gasteiger charge is 2.23. The van der Waals surface area contributed by atoms with Gasteiger partial charge < -0.3 is 14.4 Å². The Kier molecular flexibility index (Phi) is 6.97. The van der Waals surface area contributed by atoms with Gasteiger partial charge in [-0.25, -0.2) is 18.1 Å². The first kappa shape index (κ1) is 21.4. The third kappa shape index (κ3) is 5.39. The van der Waals surface area contributed by atoms with Crippen LogP contribution in [-0.2, 0) is 16.4 Å². The van der Waals surface area contributed by atoms with E-state index in [1.165, 1.54) is 6.20 Å². The minimum Gasteiger partial charge on any atom is -0.493 e. The van der Waals surface area contributed by atoms with Gasteiger partial charge in [0.25, 0.3) is 0 Å². The Bertz CT molecular complexity index is 910. The van der Waals surface area contributed by atoms with Crippen LogP contribution in [0.25, 0.3) is 0 Å². The number of likely N-dealkylation sites (N-methyl/N-ethyl adjacent to an activating group) is 1. The fourth-order valence-electron chi connectivity index (χ4n) is 3.54. The zero-order valence-electron chi connectivity index (χ0n) is 17.2. The van der Waals surface area contributed by atoms with E-state index in [4.69, 9.17) is 9.47 Å². The standard InChI is InChI=1S/C21H29N3O4S/c1-24(13-12-16-8-10-19(27-2)20(14-16)28-3)21-11-9-18(15-22-21)29(25,26)23-17-6-4-5-7-17/h8-11,14-15,17,23H,4-7,12-13H2,1-3H3. The van der Waals surface area contributed by atoms with Gasteiger partial charge in [0.05, 0.1) is 14.2 Å². The lowest BCUT2D eigenvalue weighted by Crippen LogP contribution is -2.32. The number of ether oxygens (including phenoxy) is 2. The first-order valence-corrected chi connectivity index (χ1v) is 11.3. The van der Waals surface area contributed by atoms with Crippen LogP contribution in [0, 0.1) is 0 Å². The minimum atomic E-state index is -3.51. The summed E-state index contributed by atoms with van der Waals surface area (Å²) in [6.07, 6.45) is 6.19. The molecule has 1 heterocycles. The SMILES string of the molecule is COc1ccc(CCN(C)c2ccc(S(=O)(=O)NC3CCCC3)cn2)cc1OC. The van der Waals surface area contributed by atoms with E-state index >= 15 is 0 Å². The topological polar surface area (TPSA) is 80.8 Å². The molecule has 7 nitrogen and oxygen atoms in total. The number of hydrogen-bond acceptors (Lipinski definition) is 6. The number of pyridine rings is 1. The Morgan fingerprint density at radius 3 is 2.45 bits per heavy atom. The average Bonchev–Trinajstić information content (AvgIpc) is 3.24. The van der Waals surface area contributed by atoms with Gasteiger partial charge in [0.2, 0.25) is 10.0 Å². The smallest absolute Gasteiger partial charge is 0.242 e. The monoisotopic (exact) mass is 419 g/mol. The summed E-state index contributed by atoms with van der Waals surface area (Å²) in [6.45, 7) is 0.731. The van der Waals surface area contributed by atoms with Crippen molar-refractivity contribution in [1.29, 1.82) is 0 Å². The number of rotatable bonds is 9. The second-order valence-electron chi connectivity index (χ2n) is 7.32. The lowest BCUT2D eigenvalue weighted by Gasteiger charge is -2.19. The van der Waals surface area contributed by atoms with E-state index in [0.29, 0.717) is 11.5 Å². The van der Waals surface area contributed by atoms with E-state index in [0.717, 1.165) is 50.0 Å². The number of nitrogens with one attached hydrogen (secondary N) is 1. The first-order valence-electron chi connectivity index (χ1n) is 9.83. The van der Waals surface area contributed by atoms with Crippen LogP contribution < -0.4 is 19.1 Å². The molecule has 3 rings (SSSR count). The normalized spacial score (nSPS) is 14.7.